The molecule has 0 spiro atoms. The minimum atomic E-state index is 1.03. The van der Waals surface area contributed by atoms with E-state index in [1.54, 1.807) is 0 Å². The molecule has 0 aliphatic carbocycles. The number of anilines is 1. The highest BCUT2D eigenvalue weighted by atomic mass is 14.8. The average Bonchev–Trinajstić information content (AvgIpc) is 2.31. The summed E-state index contributed by atoms with van der Waals surface area (Å²) < 4.78 is 0. The highest BCUT2D eigenvalue weighted by molar-refractivity contribution is 5.90. The van der Waals surface area contributed by atoms with Gasteiger partial charge in [-0.05, 0) is 12.1 Å². The molecule has 0 unspecified atom stereocenters. The third-order valence-corrected chi connectivity index (χ3v) is 1.92. The van der Waals surface area contributed by atoms with Gasteiger partial charge in [-0.25, -0.2) is 0 Å². The summed E-state index contributed by atoms with van der Waals surface area (Å²) in [5.41, 5.74) is 2.16. The highest BCUT2D eigenvalue weighted by Gasteiger charge is 1.96. The summed E-state index contributed by atoms with van der Waals surface area (Å²) in [5, 5.41) is 4.30. The molecule has 0 amide bonds. The van der Waals surface area contributed by atoms with Gasteiger partial charge >= 0.3 is 0 Å². The molecule has 1 heterocycles. The van der Waals surface area contributed by atoms with Crippen LogP contribution in [-0.4, -0.2) is 12.0 Å². The summed E-state index contributed by atoms with van der Waals surface area (Å²) in [5.74, 6) is 0. The van der Waals surface area contributed by atoms with Crippen LogP contribution >= 0.6 is 0 Å². The topological polar surface area (TPSA) is 24.9 Å². The Morgan fingerprint density at radius 2 is 1.79 bits per heavy atom. The maximum absolute atomic E-state index is 4.25. The van der Waals surface area contributed by atoms with Crippen molar-refractivity contribution in [2.24, 2.45) is 0 Å². The number of hydrogen-bond donors (Lipinski definition) is 1. The van der Waals surface area contributed by atoms with Gasteiger partial charge in [0.05, 0.1) is 5.52 Å². The first-order chi connectivity index (χ1) is 6.92. The van der Waals surface area contributed by atoms with E-state index in [1.165, 1.54) is 5.39 Å². The van der Waals surface area contributed by atoms with Crippen LogP contribution in [0.5, 0.6) is 0 Å². The van der Waals surface area contributed by atoms with Crippen LogP contribution in [0.2, 0.25) is 0 Å². The molecule has 0 atom stereocenters. The van der Waals surface area contributed by atoms with Gasteiger partial charge in [-0.2, -0.15) is 0 Å². The first kappa shape index (κ1) is 10.5. The second-order valence-electron chi connectivity index (χ2n) is 2.63. The smallest absolute Gasteiger partial charge is 0.0722 e. The fourth-order valence-corrected chi connectivity index (χ4v) is 1.31. The molecule has 1 aromatic carbocycles. The van der Waals surface area contributed by atoms with Gasteiger partial charge in [0.1, 0.15) is 0 Å². The summed E-state index contributed by atoms with van der Waals surface area (Å²) >= 11 is 0. The summed E-state index contributed by atoms with van der Waals surface area (Å²) in [6.07, 6.45) is 1.81. The minimum absolute atomic E-state index is 1.03. The predicted octanol–water partition coefficient (Wildman–Crippen LogP) is 3.30. The molecule has 0 fully saturated rings. The molecule has 2 heteroatoms. The van der Waals surface area contributed by atoms with E-state index in [0.29, 0.717) is 0 Å². The van der Waals surface area contributed by atoms with Crippen LogP contribution < -0.4 is 5.32 Å². The first-order valence-corrected chi connectivity index (χ1v) is 4.93. The van der Waals surface area contributed by atoms with Gasteiger partial charge in [-0.1, -0.05) is 32.0 Å². The van der Waals surface area contributed by atoms with Crippen molar-refractivity contribution in [3.63, 3.8) is 0 Å². The first-order valence-electron chi connectivity index (χ1n) is 4.93. The second-order valence-corrected chi connectivity index (χ2v) is 2.63. The summed E-state index contributed by atoms with van der Waals surface area (Å²) in [4.78, 5) is 4.25. The van der Waals surface area contributed by atoms with Gasteiger partial charge in [-0.15, -0.1) is 0 Å². The summed E-state index contributed by atoms with van der Waals surface area (Å²) in [6.45, 7) is 4.00. The van der Waals surface area contributed by atoms with Crippen LogP contribution in [0.4, 0.5) is 5.69 Å². The molecule has 2 aromatic rings. The van der Waals surface area contributed by atoms with E-state index < -0.39 is 0 Å². The number of nitrogens with one attached hydrogen (secondary N) is 1. The molecule has 1 aromatic heterocycles. The Kier molecular flexibility index (Phi) is 3.92. The van der Waals surface area contributed by atoms with Crippen molar-refractivity contribution in [2.45, 2.75) is 13.8 Å². The number of pyridine rings is 1. The quantitative estimate of drug-likeness (QED) is 0.742. The largest absolute Gasteiger partial charge is 0.388 e. The van der Waals surface area contributed by atoms with Crippen LogP contribution in [-0.2, 0) is 0 Å². The zero-order valence-electron chi connectivity index (χ0n) is 8.91. The van der Waals surface area contributed by atoms with Crippen LogP contribution in [0.1, 0.15) is 13.8 Å². The summed E-state index contributed by atoms with van der Waals surface area (Å²) in [6, 6.07) is 10.1. The zero-order chi connectivity index (χ0) is 10.4. The Hall–Kier alpha value is -1.57. The van der Waals surface area contributed by atoms with Crippen molar-refractivity contribution >= 4 is 16.6 Å². The molecular weight excluding hydrogens is 172 g/mol. The molecule has 0 bridgehead atoms. The van der Waals surface area contributed by atoms with Crippen molar-refractivity contribution < 1.29 is 0 Å². The van der Waals surface area contributed by atoms with Gasteiger partial charge in [0, 0.05) is 24.3 Å². The van der Waals surface area contributed by atoms with Gasteiger partial charge in [-0.3, -0.25) is 4.98 Å². The molecule has 0 saturated carbocycles. The van der Waals surface area contributed by atoms with E-state index in [9.17, 15) is 0 Å². The standard InChI is InChI=1S/C10H10N2.C2H6/c1-11-9-6-7-12-10-5-3-2-4-8(9)10;1-2/h2-7H,1H3,(H,11,12);1-2H3. The number of nitrogens with zero attached hydrogens (tertiary/aromatic N) is 1. The van der Waals surface area contributed by atoms with Crippen molar-refractivity contribution in [1.29, 1.82) is 0 Å². The molecule has 74 valence electrons. The van der Waals surface area contributed by atoms with Gasteiger partial charge in [0.2, 0.25) is 0 Å². The number of benzene rings is 1. The molecular formula is C12H16N2. The van der Waals surface area contributed by atoms with Crippen LogP contribution in [0.25, 0.3) is 10.9 Å². The minimum Gasteiger partial charge on any atom is -0.388 e. The van der Waals surface area contributed by atoms with E-state index in [-0.39, 0.29) is 0 Å². The predicted molar refractivity (Wildman–Crippen MR) is 62.6 cm³/mol. The molecule has 0 aliphatic rings. The lowest BCUT2D eigenvalue weighted by molar-refractivity contribution is 1.40. The SMILES string of the molecule is CC.CNc1ccnc2ccccc12. The summed E-state index contributed by atoms with van der Waals surface area (Å²) in [7, 11) is 1.92. The van der Waals surface area contributed by atoms with E-state index in [0.717, 1.165) is 11.2 Å². The molecule has 0 aliphatic heterocycles. The van der Waals surface area contributed by atoms with E-state index >= 15 is 0 Å². The Bertz CT molecular complexity index is 391. The lowest BCUT2D eigenvalue weighted by atomic mass is 10.2. The molecule has 14 heavy (non-hydrogen) atoms. The highest BCUT2D eigenvalue weighted by Crippen LogP contribution is 2.19. The zero-order valence-corrected chi connectivity index (χ0v) is 8.91. The average molecular weight is 188 g/mol. The number of fused-ring (bicyclic) bond motifs is 1. The van der Waals surface area contributed by atoms with Crippen LogP contribution in [0.15, 0.2) is 36.5 Å². The van der Waals surface area contributed by atoms with Crippen molar-refractivity contribution in [3.8, 4) is 0 Å². The van der Waals surface area contributed by atoms with E-state index in [2.05, 4.69) is 16.4 Å². The molecule has 2 nitrogen and oxygen atoms in total. The fraction of sp³-hybridized carbons (Fsp3) is 0.250. The maximum Gasteiger partial charge on any atom is 0.0722 e. The normalized spacial score (nSPS) is 9.07. The fourth-order valence-electron chi connectivity index (χ4n) is 1.31. The van der Waals surface area contributed by atoms with Crippen molar-refractivity contribution in [2.75, 3.05) is 12.4 Å². The monoisotopic (exact) mass is 188 g/mol. The number of rotatable bonds is 1. The van der Waals surface area contributed by atoms with E-state index in [4.69, 9.17) is 0 Å². The number of aromatic nitrogens is 1. The van der Waals surface area contributed by atoms with Crippen molar-refractivity contribution in [1.82, 2.24) is 4.98 Å². The Labute approximate surface area is 85.0 Å². The molecule has 1 N–H and O–H groups in total. The van der Waals surface area contributed by atoms with Gasteiger partial charge in [0.25, 0.3) is 0 Å². The second kappa shape index (κ2) is 5.22. The third kappa shape index (κ3) is 2.02. The number of para-hydroxylation sites is 1. The van der Waals surface area contributed by atoms with Crippen molar-refractivity contribution in [3.05, 3.63) is 36.5 Å². The van der Waals surface area contributed by atoms with Gasteiger partial charge < -0.3 is 5.32 Å². The lowest BCUT2D eigenvalue weighted by Gasteiger charge is -2.03. The molecule has 2 rings (SSSR count). The van der Waals surface area contributed by atoms with Crippen LogP contribution in [0.3, 0.4) is 0 Å². The van der Waals surface area contributed by atoms with Crippen LogP contribution in [0, 0.1) is 0 Å². The Balaban J connectivity index is 0.000000461. The maximum atomic E-state index is 4.25. The molecule has 0 saturated heterocycles. The lowest BCUT2D eigenvalue weighted by Crippen LogP contribution is -1.89. The Morgan fingerprint density at radius 3 is 2.50 bits per heavy atom. The van der Waals surface area contributed by atoms with Gasteiger partial charge in [0.15, 0.2) is 0 Å². The Morgan fingerprint density at radius 1 is 1.07 bits per heavy atom. The number of hydrogen-bond acceptors (Lipinski definition) is 2. The van der Waals surface area contributed by atoms with E-state index in [1.807, 2.05) is 51.4 Å². The molecule has 0 radical (unpaired) electrons. The third-order valence-electron chi connectivity index (χ3n) is 1.92.